The Labute approximate surface area is 105 Å². The van der Waals surface area contributed by atoms with E-state index in [0.717, 1.165) is 12.0 Å². The molecule has 17 heavy (non-hydrogen) atoms. The van der Waals surface area contributed by atoms with Crippen LogP contribution in [0.3, 0.4) is 0 Å². The predicted octanol–water partition coefficient (Wildman–Crippen LogP) is 3.93. The van der Waals surface area contributed by atoms with Crippen LogP contribution in [0.1, 0.15) is 25.8 Å². The molecular weight excluding hydrogens is 245 g/mol. The van der Waals surface area contributed by atoms with Crippen molar-refractivity contribution >= 4 is 17.3 Å². The highest BCUT2D eigenvalue weighted by molar-refractivity contribution is 6.20. The normalized spacial score (nSPS) is 14.4. The van der Waals surface area contributed by atoms with Gasteiger partial charge in [0.2, 0.25) is 5.82 Å². The first-order valence-corrected chi connectivity index (χ1v) is 5.96. The molecule has 3 nitrogen and oxygen atoms in total. The van der Waals surface area contributed by atoms with Gasteiger partial charge in [-0.1, -0.05) is 19.4 Å². The molecule has 1 aromatic carbocycles. The lowest BCUT2D eigenvalue weighted by Gasteiger charge is -2.17. The van der Waals surface area contributed by atoms with Crippen LogP contribution in [0.15, 0.2) is 18.2 Å². The van der Waals surface area contributed by atoms with Crippen molar-refractivity contribution in [2.24, 2.45) is 5.92 Å². The van der Waals surface area contributed by atoms with Crippen LogP contribution in [0, 0.1) is 21.8 Å². The Bertz CT molecular complexity index is 409. The molecule has 0 aliphatic rings. The van der Waals surface area contributed by atoms with Crippen LogP contribution >= 0.6 is 11.6 Å². The highest BCUT2D eigenvalue weighted by atomic mass is 35.5. The minimum atomic E-state index is -0.787. The Morgan fingerprint density at radius 1 is 1.53 bits per heavy atom. The zero-order valence-corrected chi connectivity index (χ0v) is 10.6. The van der Waals surface area contributed by atoms with Gasteiger partial charge in [-0.3, -0.25) is 10.1 Å². The molecule has 0 aliphatic heterocycles. The second-order valence-electron chi connectivity index (χ2n) is 4.09. The Hall–Kier alpha value is -1.16. The lowest BCUT2D eigenvalue weighted by molar-refractivity contribution is -0.387. The number of alkyl halides is 1. The van der Waals surface area contributed by atoms with Crippen LogP contribution in [0.25, 0.3) is 0 Å². The third kappa shape index (κ3) is 3.66. The number of benzene rings is 1. The van der Waals surface area contributed by atoms with E-state index in [0.29, 0.717) is 6.42 Å². The monoisotopic (exact) mass is 259 g/mol. The van der Waals surface area contributed by atoms with Crippen LogP contribution in [0.2, 0.25) is 0 Å². The van der Waals surface area contributed by atoms with Crippen LogP contribution in [-0.2, 0) is 6.42 Å². The van der Waals surface area contributed by atoms with E-state index in [1.54, 1.807) is 6.07 Å². The SMILES string of the molecule is CCC(Cc1ccc([N+](=O)[O-])c(F)c1)C(C)Cl. The molecule has 0 fully saturated rings. The van der Waals surface area contributed by atoms with Crippen LogP contribution in [0.5, 0.6) is 0 Å². The molecule has 2 atom stereocenters. The molecule has 0 N–H and O–H groups in total. The van der Waals surface area contributed by atoms with Gasteiger partial charge in [-0.2, -0.15) is 4.39 Å². The number of halogens is 2. The van der Waals surface area contributed by atoms with Gasteiger partial charge in [-0.15, -0.1) is 11.6 Å². The zero-order valence-electron chi connectivity index (χ0n) is 9.82. The van der Waals surface area contributed by atoms with Gasteiger partial charge >= 0.3 is 5.69 Å². The van der Waals surface area contributed by atoms with Crippen molar-refractivity contribution in [2.45, 2.75) is 32.1 Å². The van der Waals surface area contributed by atoms with E-state index in [-0.39, 0.29) is 11.3 Å². The van der Waals surface area contributed by atoms with Crippen molar-refractivity contribution in [1.82, 2.24) is 0 Å². The Balaban J connectivity index is 2.87. The number of hydrogen-bond donors (Lipinski definition) is 0. The maximum absolute atomic E-state index is 13.4. The first-order valence-electron chi connectivity index (χ1n) is 5.52. The van der Waals surface area contributed by atoms with Gasteiger partial charge in [0.25, 0.3) is 0 Å². The van der Waals surface area contributed by atoms with Crippen molar-refractivity contribution in [3.05, 3.63) is 39.7 Å². The van der Waals surface area contributed by atoms with Gasteiger partial charge in [0.1, 0.15) is 0 Å². The summed E-state index contributed by atoms with van der Waals surface area (Å²) in [5.74, 6) is -0.540. The van der Waals surface area contributed by atoms with Gasteiger partial charge < -0.3 is 0 Å². The van der Waals surface area contributed by atoms with Gasteiger partial charge in [-0.25, -0.2) is 0 Å². The topological polar surface area (TPSA) is 43.1 Å². The molecule has 0 saturated heterocycles. The molecule has 5 heteroatoms. The highest BCUT2D eigenvalue weighted by Gasteiger charge is 2.17. The zero-order chi connectivity index (χ0) is 13.0. The largest absolute Gasteiger partial charge is 0.304 e. The quantitative estimate of drug-likeness (QED) is 0.457. The molecule has 0 aliphatic carbocycles. The highest BCUT2D eigenvalue weighted by Crippen LogP contribution is 2.23. The maximum atomic E-state index is 13.4. The first kappa shape index (κ1) is 13.9. The smallest absolute Gasteiger partial charge is 0.258 e. The molecule has 94 valence electrons. The molecule has 0 bridgehead atoms. The van der Waals surface area contributed by atoms with E-state index in [1.807, 2.05) is 13.8 Å². The second-order valence-corrected chi connectivity index (χ2v) is 4.78. The van der Waals surface area contributed by atoms with Crippen molar-refractivity contribution in [3.63, 3.8) is 0 Å². The summed E-state index contributed by atoms with van der Waals surface area (Å²) >= 11 is 6.01. The fourth-order valence-corrected chi connectivity index (χ4v) is 2.03. The van der Waals surface area contributed by atoms with E-state index in [2.05, 4.69) is 0 Å². The molecule has 0 saturated carbocycles. The van der Waals surface area contributed by atoms with Gasteiger partial charge in [0.05, 0.1) is 4.92 Å². The lowest BCUT2D eigenvalue weighted by atomic mass is 9.94. The molecule has 0 heterocycles. The van der Waals surface area contributed by atoms with Gasteiger partial charge in [0.15, 0.2) is 0 Å². The van der Waals surface area contributed by atoms with E-state index in [4.69, 9.17) is 11.6 Å². The maximum Gasteiger partial charge on any atom is 0.304 e. The van der Waals surface area contributed by atoms with Crippen LogP contribution in [-0.4, -0.2) is 10.3 Å². The van der Waals surface area contributed by atoms with Crippen LogP contribution < -0.4 is 0 Å². The van der Waals surface area contributed by atoms with Crippen molar-refractivity contribution in [3.8, 4) is 0 Å². The molecule has 2 unspecified atom stereocenters. The average Bonchev–Trinajstić information content (AvgIpc) is 2.24. The van der Waals surface area contributed by atoms with Crippen molar-refractivity contribution < 1.29 is 9.31 Å². The molecular formula is C12H15ClFNO2. The molecule has 0 aromatic heterocycles. The summed E-state index contributed by atoms with van der Waals surface area (Å²) in [6, 6.07) is 4.01. The lowest BCUT2D eigenvalue weighted by Crippen LogP contribution is -2.13. The minimum Gasteiger partial charge on any atom is -0.258 e. The number of rotatable bonds is 5. The number of nitro groups is 1. The Morgan fingerprint density at radius 3 is 2.59 bits per heavy atom. The summed E-state index contributed by atoms with van der Waals surface area (Å²) in [6.45, 7) is 3.92. The number of nitrogens with zero attached hydrogens (tertiary/aromatic N) is 1. The standard InChI is InChI=1S/C12H15ClFNO2/c1-3-10(8(2)13)6-9-4-5-12(15(16)17)11(14)7-9/h4-5,7-8,10H,3,6H2,1-2H3. The third-order valence-electron chi connectivity index (χ3n) is 2.88. The van der Waals surface area contributed by atoms with Crippen molar-refractivity contribution in [2.75, 3.05) is 0 Å². The fourth-order valence-electron chi connectivity index (χ4n) is 1.76. The summed E-state index contributed by atoms with van der Waals surface area (Å²) in [6.07, 6.45) is 1.53. The summed E-state index contributed by atoms with van der Waals surface area (Å²) < 4.78 is 13.4. The first-order chi connectivity index (χ1) is 7.95. The minimum absolute atomic E-state index is 0.00162. The molecule has 0 spiro atoms. The summed E-state index contributed by atoms with van der Waals surface area (Å²) in [7, 11) is 0. The van der Waals surface area contributed by atoms with Gasteiger partial charge in [0, 0.05) is 11.4 Å². The van der Waals surface area contributed by atoms with E-state index >= 15 is 0 Å². The van der Waals surface area contributed by atoms with Crippen molar-refractivity contribution in [1.29, 1.82) is 0 Å². The van der Waals surface area contributed by atoms with Gasteiger partial charge in [-0.05, 0) is 30.9 Å². The fraction of sp³-hybridized carbons (Fsp3) is 0.500. The molecule has 1 aromatic rings. The molecule has 1 rings (SSSR count). The molecule has 0 amide bonds. The summed E-state index contributed by atoms with van der Waals surface area (Å²) in [4.78, 5) is 9.74. The number of nitro benzene ring substituents is 1. The van der Waals surface area contributed by atoms with E-state index in [1.165, 1.54) is 12.1 Å². The Kier molecular flexibility index (Phi) is 4.87. The summed E-state index contributed by atoms with van der Waals surface area (Å²) in [5.41, 5.74) is 0.258. The summed E-state index contributed by atoms with van der Waals surface area (Å²) in [5, 5.41) is 10.5. The average molecular weight is 260 g/mol. The molecule has 0 radical (unpaired) electrons. The van der Waals surface area contributed by atoms with E-state index in [9.17, 15) is 14.5 Å². The van der Waals surface area contributed by atoms with Crippen LogP contribution in [0.4, 0.5) is 10.1 Å². The number of hydrogen-bond acceptors (Lipinski definition) is 2. The predicted molar refractivity (Wildman–Crippen MR) is 65.9 cm³/mol. The third-order valence-corrected chi connectivity index (χ3v) is 3.24. The Morgan fingerprint density at radius 2 is 2.18 bits per heavy atom. The van der Waals surface area contributed by atoms with E-state index < -0.39 is 16.4 Å². The second kappa shape index (κ2) is 5.96.